The van der Waals surface area contributed by atoms with Gasteiger partial charge in [0.15, 0.2) is 11.5 Å². The molecule has 0 saturated carbocycles. The van der Waals surface area contributed by atoms with E-state index in [9.17, 15) is 4.79 Å². The van der Waals surface area contributed by atoms with Crippen LogP contribution >= 0.6 is 12.4 Å². The molecular weight excluding hydrogens is 320 g/mol. The summed E-state index contributed by atoms with van der Waals surface area (Å²) in [6.45, 7) is 2.14. The van der Waals surface area contributed by atoms with Crippen molar-refractivity contribution in [1.29, 1.82) is 0 Å². The van der Waals surface area contributed by atoms with Crippen molar-refractivity contribution in [1.82, 2.24) is 4.90 Å². The zero-order chi connectivity index (χ0) is 15.5. The second kappa shape index (κ2) is 7.86. The van der Waals surface area contributed by atoms with E-state index in [2.05, 4.69) is 0 Å². The first-order chi connectivity index (χ1) is 10.6. The maximum absolute atomic E-state index is 12.5. The fraction of sp³-hybridized carbons (Fsp3) is 0.562. The van der Waals surface area contributed by atoms with Crippen LogP contribution in [0.25, 0.3) is 0 Å². The van der Waals surface area contributed by atoms with Crippen LogP contribution in [-0.4, -0.2) is 43.9 Å². The quantitative estimate of drug-likeness (QED) is 0.898. The van der Waals surface area contributed by atoms with Crippen LogP contribution < -0.4 is 15.2 Å². The lowest BCUT2D eigenvalue weighted by atomic mass is 9.91. The van der Waals surface area contributed by atoms with E-state index in [1.54, 1.807) is 11.9 Å². The molecule has 2 N–H and O–H groups in total. The highest BCUT2D eigenvalue weighted by molar-refractivity contribution is 5.85. The molecule has 0 aromatic heterocycles. The number of likely N-dealkylation sites (N-methyl/N-ethyl adjacent to an activating group) is 1. The first-order valence-electron chi connectivity index (χ1n) is 7.62. The molecule has 1 fully saturated rings. The first kappa shape index (κ1) is 17.8. The van der Waals surface area contributed by atoms with Gasteiger partial charge in [-0.15, -0.1) is 12.4 Å². The lowest BCUT2D eigenvalue weighted by molar-refractivity contribution is -0.133. The number of nitrogens with zero attached hydrogens (tertiary/aromatic N) is 1. The summed E-state index contributed by atoms with van der Waals surface area (Å²) in [5.41, 5.74) is 7.14. The summed E-state index contributed by atoms with van der Waals surface area (Å²) in [5, 5.41) is 0. The minimum Gasteiger partial charge on any atom is -0.454 e. The predicted molar refractivity (Wildman–Crippen MR) is 87.8 cm³/mol. The monoisotopic (exact) mass is 342 g/mol. The van der Waals surface area contributed by atoms with Gasteiger partial charge < -0.3 is 24.8 Å². The summed E-state index contributed by atoms with van der Waals surface area (Å²) >= 11 is 0. The zero-order valence-electron chi connectivity index (χ0n) is 13.2. The number of halogens is 1. The summed E-state index contributed by atoms with van der Waals surface area (Å²) in [5.74, 6) is 1.66. The first-order valence-corrected chi connectivity index (χ1v) is 7.62. The number of benzene rings is 1. The molecule has 1 aromatic rings. The van der Waals surface area contributed by atoms with Gasteiger partial charge in [-0.05, 0) is 36.5 Å². The Morgan fingerprint density at radius 2 is 2.00 bits per heavy atom. The number of carbonyl (C=O) groups excluding carboxylic acids is 1. The molecule has 2 aliphatic rings. The highest BCUT2D eigenvalue weighted by atomic mass is 35.5. The fourth-order valence-corrected chi connectivity index (χ4v) is 2.92. The number of hydrogen-bond acceptors (Lipinski definition) is 5. The van der Waals surface area contributed by atoms with Crippen LogP contribution in [0.4, 0.5) is 0 Å². The van der Waals surface area contributed by atoms with E-state index in [0.29, 0.717) is 19.8 Å². The average molecular weight is 343 g/mol. The number of carbonyl (C=O) groups is 1. The average Bonchev–Trinajstić information content (AvgIpc) is 3.02. The van der Waals surface area contributed by atoms with Crippen LogP contribution in [-0.2, 0) is 16.1 Å². The Bertz CT molecular complexity index is 549. The van der Waals surface area contributed by atoms with Gasteiger partial charge in [-0.2, -0.15) is 0 Å². The lowest BCUT2D eigenvalue weighted by Crippen LogP contribution is -2.47. The Hall–Kier alpha value is -1.50. The zero-order valence-corrected chi connectivity index (χ0v) is 14.0. The number of fused-ring (bicyclic) bond motifs is 1. The van der Waals surface area contributed by atoms with Gasteiger partial charge >= 0.3 is 0 Å². The van der Waals surface area contributed by atoms with E-state index in [4.69, 9.17) is 19.9 Å². The van der Waals surface area contributed by atoms with E-state index in [1.807, 2.05) is 18.2 Å². The van der Waals surface area contributed by atoms with Crippen molar-refractivity contribution in [3.63, 3.8) is 0 Å². The molecule has 2 heterocycles. The topological polar surface area (TPSA) is 74.0 Å². The van der Waals surface area contributed by atoms with Crippen LogP contribution in [0.2, 0.25) is 0 Å². The minimum atomic E-state index is -0.456. The van der Waals surface area contributed by atoms with Gasteiger partial charge in [0.1, 0.15) is 0 Å². The van der Waals surface area contributed by atoms with Crippen molar-refractivity contribution in [3.05, 3.63) is 23.8 Å². The number of hydrogen-bond donors (Lipinski definition) is 1. The van der Waals surface area contributed by atoms with Crippen LogP contribution in [0.5, 0.6) is 11.5 Å². The molecule has 3 rings (SSSR count). The van der Waals surface area contributed by atoms with Crippen molar-refractivity contribution in [3.8, 4) is 11.5 Å². The van der Waals surface area contributed by atoms with Crippen molar-refractivity contribution in [2.24, 2.45) is 11.7 Å². The van der Waals surface area contributed by atoms with Crippen molar-refractivity contribution in [2.45, 2.75) is 25.4 Å². The third-order valence-corrected chi connectivity index (χ3v) is 4.29. The van der Waals surface area contributed by atoms with Crippen LogP contribution in [0.15, 0.2) is 18.2 Å². The molecule has 0 spiro atoms. The maximum Gasteiger partial charge on any atom is 0.239 e. The second-order valence-corrected chi connectivity index (χ2v) is 5.86. The van der Waals surface area contributed by atoms with Crippen LogP contribution in [0.1, 0.15) is 18.4 Å². The highest BCUT2D eigenvalue weighted by Gasteiger charge is 2.28. The summed E-state index contributed by atoms with van der Waals surface area (Å²) in [4.78, 5) is 14.2. The van der Waals surface area contributed by atoms with Gasteiger partial charge in [-0.1, -0.05) is 6.07 Å². The van der Waals surface area contributed by atoms with Gasteiger partial charge in [-0.25, -0.2) is 0 Å². The fourth-order valence-electron chi connectivity index (χ4n) is 2.92. The molecule has 1 amide bonds. The molecule has 2 aliphatic heterocycles. The van der Waals surface area contributed by atoms with E-state index in [1.165, 1.54) is 0 Å². The van der Waals surface area contributed by atoms with Gasteiger partial charge in [0.25, 0.3) is 0 Å². The van der Waals surface area contributed by atoms with Gasteiger partial charge in [0.05, 0.1) is 6.04 Å². The molecule has 0 radical (unpaired) electrons. The Labute approximate surface area is 142 Å². The molecule has 1 saturated heterocycles. The van der Waals surface area contributed by atoms with E-state index < -0.39 is 6.04 Å². The summed E-state index contributed by atoms with van der Waals surface area (Å²) in [6.07, 6.45) is 1.70. The normalized spacial score (nSPS) is 18.2. The summed E-state index contributed by atoms with van der Waals surface area (Å²) in [7, 11) is 1.78. The summed E-state index contributed by atoms with van der Waals surface area (Å²) < 4.78 is 16.0. The Morgan fingerprint density at radius 3 is 2.74 bits per heavy atom. The van der Waals surface area contributed by atoms with Gasteiger partial charge in [0.2, 0.25) is 12.7 Å². The molecule has 7 heteroatoms. The molecule has 128 valence electrons. The molecule has 0 aliphatic carbocycles. The Morgan fingerprint density at radius 1 is 1.30 bits per heavy atom. The second-order valence-electron chi connectivity index (χ2n) is 5.86. The van der Waals surface area contributed by atoms with Crippen LogP contribution in [0.3, 0.4) is 0 Å². The van der Waals surface area contributed by atoms with Crippen molar-refractivity contribution < 1.29 is 19.0 Å². The number of nitrogens with two attached hydrogens (primary N) is 1. The van der Waals surface area contributed by atoms with Crippen molar-refractivity contribution in [2.75, 3.05) is 27.1 Å². The van der Waals surface area contributed by atoms with Gasteiger partial charge in [-0.3, -0.25) is 4.79 Å². The number of rotatable bonds is 4. The van der Waals surface area contributed by atoms with Crippen molar-refractivity contribution >= 4 is 18.3 Å². The Balaban J connectivity index is 0.00000192. The molecule has 23 heavy (non-hydrogen) atoms. The summed E-state index contributed by atoms with van der Waals surface area (Å²) in [6, 6.07) is 5.26. The Kier molecular flexibility index (Phi) is 6.10. The minimum absolute atomic E-state index is 0. The van der Waals surface area contributed by atoms with Crippen LogP contribution in [0, 0.1) is 5.92 Å². The van der Waals surface area contributed by atoms with E-state index >= 15 is 0 Å². The number of ether oxygens (including phenoxy) is 3. The highest BCUT2D eigenvalue weighted by Crippen LogP contribution is 2.32. The molecule has 1 aromatic carbocycles. The van der Waals surface area contributed by atoms with Gasteiger partial charge in [0, 0.05) is 26.8 Å². The largest absolute Gasteiger partial charge is 0.454 e. The third-order valence-electron chi connectivity index (χ3n) is 4.29. The standard InChI is InChI=1S/C16H22N2O4.ClH/c1-18(16(19)15(17)12-4-6-20-7-5-12)9-11-2-3-13-14(8-11)22-10-21-13;/h2-3,8,12,15H,4-7,9-10,17H2,1H3;1H. The van der Waals surface area contributed by atoms with E-state index in [-0.39, 0.29) is 31.0 Å². The van der Waals surface area contributed by atoms with E-state index in [0.717, 1.165) is 29.9 Å². The predicted octanol–water partition coefficient (Wildman–Crippen LogP) is 1.55. The maximum atomic E-state index is 12.5. The SMILES string of the molecule is CN(Cc1ccc2c(c1)OCO2)C(=O)C(N)C1CCOCC1.Cl. The smallest absolute Gasteiger partial charge is 0.239 e. The molecule has 6 nitrogen and oxygen atoms in total. The lowest BCUT2D eigenvalue weighted by Gasteiger charge is -2.29. The molecule has 0 bridgehead atoms. The molecule has 1 atom stereocenters. The number of amides is 1. The third kappa shape index (κ3) is 4.07. The molecular formula is C16H23ClN2O4. The molecule has 1 unspecified atom stereocenters.